The van der Waals surface area contributed by atoms with Crippen molar-refractivity contribution in [2.24, 2.45) is 4.99 Å². The third-order valence-electron chi connectivity index (χ3n) is 4.40. The van der Waals surface area contributed by atoms with Gasteiger partial charge in [-0.3, -0.25) is 4.79 Å². The van der Waals surface area contributed by atoms with Gasteiger partial charge in [0.25, 0.3) is 0 Å². The Labute approximate surface area is 208 Å². The summed E-state index contributed by atoms with van der Waals surface area (Å²) in [5, 5.41) is 9.15. The molecule has 0 atom stereocenters. The predicted molar refractivity (Wildman–Crippen MR) is 140 cm³/mol. The van der Waals surface area contributed by atoms with E-state index in [1.165, 1.54) is 0 Å². The third kappa shape index (κ3) is 9.76. The van der Waals surface area contributed by atoms with E-state index in [2.05, 4.69) is 20.9 Å². The van der Waals surface area contributed by atoms with Crippen LogP contribution in [0.3, 0.4) is 0 Å². The molecular weight excluding hydrogens is 519 g/mol. The van der Waals surface area contributed by atoms with Crippen molar-refractivity contribution < 1.29 is 14.3 Å². The third-order valence-corrected chi connectivity index (χ3v) is 4.40. The number of benzene rings is 2. The van der Waals surface area contributed by atoms with E-state index in [0.29, 0.717) is 25.6 Å². The maximum absolute atomic E-state index is 12.2. The van der Waals surface area contributed by atoms with Gasteiger partial charge in [0.1, 0.15) is 11.5 Å². The van der Waals surface area contributed by atoms with Gasteiger partial charge in [-0.2, -0.15) is 0 Å². The van der Waals surface area contributed by atoms with Gasteiger partial charge >= 0.3 is 0 Å². The van der Waals surface area contributed by atoms with Crippen LogP contribution in [-0.4, -0.2) is 38.2 Å². The van der Waals surface area contributed by atoms with Gasteiger partial charge in [0.15, 0.2) is 5.96 Å². The minimum atomic E-state index is -0.111. The van der Waals surface area contributed by atoms with Crippen LogP contribution in [-0.2, 0) is 17.9 Å². The maximum atomic E-state index is 12.2. The number of carbonyl (C=O) groups excluding carboxylic acids is 1. The second-order valence-electron chi connectivity index (χ2n) is 7.45. The number of hydrogen-bond acceptors (Lipinski definition) is 4. The fourth-order valence-corrected chi connectivity index (χ4v) is 2.83. The first kappa shape index (κ1) is 27.5. The number of aliphatic imine (C=N–C) groups is 1. The van der Waals surface area contributed by atoms with Crippen LogP contribution in [0.2, 0.25) is 0 Å². The molecule has 2 rings (SSSR count). The zero-order valence-electron chi connectivity index (χ0n) is 19.5. The van der Waals surface area contributed by atoms with E-state index in [-0.39, 0.29) is 42.5 Å². The van der Waals surface area contributed by atoms with E-state index >= 15 is 0 Å². The molecule has 176 valence electrons. The van der Waals surface area contributed by atoms with Crippen molar-refractivity contribution in [2.45, 2.75) is 46.9 Å². The summed E-state index contributed by atoms with van der Waals surface area (Å²) in [6.07, 6.45) is 0.0882. The molecule has 2 aromatic carbocycles. The van der Waals surface area contributed by atoms with Crippen LogP contribution in [0, 0.1) is 6.92 Å². The van der Waals surface area contributed by atoms with Gasteiger partial charge < -0.3 is 25.4 Å². The largest absolute Gasteiger partial charge is 0.497 e. The van der Waals surface area contributed by atoms with Gasteiger partial charge in [-0.1, -0.05) is 24.3 Å². The Balaban J connectivity index is 0.00000512. The van der Waals surface area contributed by atoms with Crippen LogP contribution >= 0.6 is 24.0 Å². The molecule has 0 aliphatic carbocycles. The Morgan fingerprint density at radius 3 is 2.41 bits per heavy atom. The highest BCUT2D eigenvalue weighted by molar-refractivity contribution is 14.0. The standard InChI is InChI=1S/C24H34N4O3.HI/c1-6-25-24(27-15-20-10-7-18(4)13-22(20)31-17(2)3)28-16-23(29)26-14-19-8-11-21(30-5)12-9-19;/h7-13,17H,6,14-16H2,1-5H3,(H,26,29)(H2,25,27,28);1H. The highest BCUT2D eigenvalue weighted by atomic mass is 127. The van der Waals surface area contributed by atoms with Gasteiger partial charge in [0, 0.05) is 18.7 Å². The van der Waals surface area contributed by atoms with Gasteiger partial charge in [0.2, 0.25) is 5.91 Å². The first-order valence-electron chi connectivity index (χ1n) is 10.6. The molecular formula is C24H35IN4O3. The number of amides is 1. The first-order valence-corrected chi connectivity index (χ1v) is 10.6. The molecule has 2 aromatic rings. The normalized spacial score (nSPS) is 10.9. The Morgan fingerprint density at radius 1 is 1.06 bits per heavy atom. The number of nitrogens with zero attached hydrogens (tertiary/aromatic N) is 1. The molecule has 0 unspecified atom stereocenters. The van der Waals surface area contributed by atoms with Crippen molar-refractivity contribution in [1.82, 2.24) is 16.0 Å². The van der Waals surface area contributed by atoms with Gasteiger partial charge in [-0.15, -0.1) is 24.0 Å². The summed E-state index contributed by atoms with van der Waals surface area (Å²) < 4.78 is 11.1. The molecule has 32 heavy (non-hydrogen) atoms. The zero-order valence-corrected chi connectivity index (χ0v) is 21.9. The summed E-state index contributed by atoms with van der Waals surface area (Å²) in [6.45, 7) is 9.77. The van der Waals surface area contributed by atoms with Crippen molar-refractivity contribution in [3.05, 3.63) is 59.2 Å². The van der Waals surface area contributed by atoms with Crippen molar-refractivity contribution in [1.29, 1.82) is 0 Å². The summed E-state index contributed by atoms with van der Waals surface area (Å²) in [7, 11) is 1.63. The van der Waals surface area contributed by atoms with E-state index in [1.807, 2.05) is 70.2 Å². The van der Waals surface area contributed by atoms with E-state index in [1.54, 1.807) is 7.11 Å². The van der Waals surface area contributed by atoms with Gasteiger partial charge in [-0.25, -0.2) is 4.99 Å². The van der Waals surface area contributed by atoms with E-state index in [0.717, 1.165) is 28.2 Å². The minimum absolute atomic E-state index is 0. The molecule has 0 bridgehead atoms. The molecule has 0 saturated carbocycles. The number of carbonyl (C=O) groups is 1. The van der Waals surface area contributed by atoms with Gasteiger partial charge in [-0.05, 0) is 57.0 Å². The van der Waals surface area contributed by atoms with Crippen LogP contribution in [0.5, 0.6) is 11.5 Å². The smallest absolute Gasteiger partial charge is 0.239 e. The summed E-state index contributed by atoms with van der Waals surface area (Å²) in [5.74, 6) is 2.10. The SMILES string of the molecule is CCNC(=NCc1ccc(C)cc1OC(C)C)NCC(=O)NCc1ccc(OC)cc1.I. The molecule has 0 heterocycles. The van der Waals surface area contributed by atoms with E-state index in [9.17, 15) is 4.79 Å². The van der Waals surface area contributed by atoms with Crippen molar-refractivity contribution in [2.75, 3.05) is 20.2 Å². The fraction of sp³-hybridized carbons (Fsp3) is 0.417. The Morgan fingerprint density at radius 2 is 1.78 bits per heavy atom. The molecule has 0 aliphatic rings. The second-order valence-corrected chi connectivity index (χ2v) is 7.45. The highest BCUT2D eigenvalue weighted by Crippen LogP contribution is 2.22. The van der Waals surface area contributed by atoms with Crippen molar-refractivity contribution >= 4 is 35.8 Å². The summed E-state index contributed by atoms with van der Waals surface area (Å²) in [4.78, 5) is 16.8. The van der Waals surface area contributed by atoms with Crippen LogP contribution in [0.15, 0.2) is 47.5 Å². The lowest BCUT2D eigenvalue weighted by atomic mass is 10.1. The lowest BCUT2D eigenvalue weighted by Gasteiger charge is -2.15. The second kappa shape index (κ2) is 14.5. The molecule has 0 saturated heterocycles. The number of ether oxygens (including phenoxy) is 2. The minimum Gasteiger partial charge on any atom is -0.497 e. The molecule has 8 heteroatoms. The number of halogens is 1. The fourth-order valence-electron chi connectivity index (χ4n) is 2.83. The number of nitrogens with one attached hydrogen (secondary N) is 3. The summed E-state index contributed by atoms with van der Waals surface area (Å²) in [5.41, 5.74) is 3.15. The van der Waals surface area contributed by atoms with Crippen LogP contribution in [0.25, 0.3) is 0 Å². The molecule has 7 nitrogen and oxygen atoms in total. The quantitative estimate of drug-likeness (QED) is 0.237. The number of hydrogen-bond donors (Lipinski definition) is 3. The Kier molecular flexibility index (Phi) is 12.5. The van der Waals surface area contributed by atoms with E-state index < -0.39 is 0 Å². The summed E-state index contributed by atoms with van der Waals surface area (Å²) in [6, 6.07) is 13.7. The topological polar surface area (TPSA) is 84.0 Å². The van der Waals surface area contributed by atoms with Crippen molar-refractivity contribution in [3.8, 4) is 11.5 Å². The average Bonchev–Trinajstić information content (AvgIpc) is 2.75. The average molecular weight is 554 g/mol. The summed E-state index contributed by atoms with van der Waals surface area (Å²) >= 11 is 0. The molecule has 1 amide bonds. The molecule has 0 radical (unpaired) electrons. The lowest BCUT2D eigenvalue weighted by molar-refractivity contribution is -0.120. The van der Waals surface area contributed by atoms with Gasteiger partial charge in [0.05, 0.1) is 26.3 Å². The number of methoxy groups -OCH3 is 1. The lowest BCUT2D eigenvalue weighted by Crippen LogP contribution is -2.43. The van der Waals surface area contributed by atoms with Crippen LogP contribution in [0.1, 0.15) is 37.5 Å². The first-order chi connectivity index (χ1) is 14.9. The highest BCUT2D eigenvalue weighted by Gasteiger charge is 2.08. The molecule has 3 N–H and O–H groups in total. The Bertz CT molecular complexity index is 870. The molecule has 0 spiro atoms. The van der Waals surface area contributed by atoms with Crippen LogP contribution < -0.4 is 25.4 Å². The predicted octanol–water partition coefficient (Wildman–Crippen LogP) is 3.78. The number of aryl methyl sites for hydroxylation is 1. The Hall–Kier alpha value is -2.49. The maximum Gasteiger partial charge on any atom is 0.239 e. The van der Waals surface area contributed by atoms with Crippen molar-refractivity contribution in [3.63, 3.8) is 0 Å². The van der Waals surface area contributed by atoms with E-state index in [4.69, 9.17) is 9.47 Å². The molecule has 0 aliphatic heterocycles. The number of rotatable bonds is 10. The monoisotopic (exact) mass is 554 g/mol. The molecule has 0 fully saturated rings. The molecule has 0 aromatic heterocycles. The zero-order chi connectivity index (χ0) is 22.6. The van der Waals surface area contributed by atoms with Crippen LogP contribution in [0.4, 0.5) is 0 Å². The number of guanidine groups is 1.